The maximum absolute atomic E-state index is 12.8. The highest BCUT2D eigenvalue weighted by Gasteiger charge is 2.31. The molecule has 1 aromatic rings. The van der Waals surface area contributed by atoms with Crippen LogP contribution in [0.3, 0.4) is 0 Å². The van der Waals surface area contributed by atoms with E-state index in [9.17, 15) is 22.8 Å². The molecule has 2 amide bonds. The Labute approximate surface area is 136 Å². The molecule has 1 rings (SSSR count). The van der Waals surface area contributed by atoms with Crippen LogP contribution in [0.1, 0.15) is 36.4 Å². The molecule has 1 aromatic carbocycles. The van der Waals surface area contributed by atoms with Crippen LogP contribution in [0.15, 0.2) is 24.3 Å². The first kappa shape index (κ1) is 19.8. The molecule has 0 spiro atoms. The number of halogens is 3. The molecule has 4 N–H and O–H groups in total. The van der Waals surface area contributed by atoms with Crippen LogP contribution >= 0.6 is 0 Å². The second kappa shape index (κ2) is 9.11. The molecule has 0 aliphatic rings. The van der Waals surface area contributed by atoms with Crippen LogP contribution < -0.4 is 10.6 Å². The number of carboxylic acid groups (broad SMARTS) is 1. The van der Waals surface area contributed by atoms with Crippen LogP contribution in [-0.2, 0) is 11.0 Å². The molecule has 0 aromatic heterocycles. The smallest absolute Gasteiger partial charge is 0.416 e. The number of benzene rings is 1. The van der Waals surface area contributed by atoms with Gasteiger partial charge in [-0.15, -0.1) is 0 Å². The number of hydrogen-bond donors (Lipinski definition) is 4. The topological polar surface area (TPSA) is 98.7 Å². The van der Waals surface area contributed by atoms with E-state index in [-0.39, 0.29) is 38.0 Å². The van der Waals surface area contributed by atoms with Crippen LogP contribution in [0, 0.1) is 0 Å². The fourth-order valence-corrected chi connectivity index (χ4v) is 2.03. The third kappa shape index (κ3) is 6.86. The SMILES string of the molecule is O=C(O)CCCNC(=O)NC(CCO)c1cccc(C(F)(F)F)c1. The van der Waals surface area contributed by atoms with Gasteiger partial charge >= 0.3 is 18.2 Å². The summed E-state index contributed by atoms with van der Waals surface area (Å²) in [5.74, 6) is -0.987. The number of aliphatic hydroxyl groups excluding tert-OH is 1. The molecule has 0 saturated heterocycles. The third-order valence-corrected chi connectivity index (χ3v) is 3.19. The van der Waals surface area contributed by atoms with Crippen LogP contribution in [-0.4, -0.2) is 35.4 Å². The molecule has 6 nitrogen and oxygen atoms in total. The summed E-state index contributed by atoms with van der Waals surface area (Å²) in [7, 11) is 0. The van der Waals surface area contributed by atoms with Crippen LogP contribution in [0.4, 0.5) is 18.0 Å². The summed E-state index contributed by atoms with van der Waals surface area (Å²) in [4.78, 5) is 22.1. The lowest BCUT2D eigenvalue weighted by molar-refractivity contribution is -0.138. The number of alkyl halides is 3. The number of aliphatic hydroxyl groups is 1. The molecule has 0 aliphatic heterocycles. The zero-order valence-electron chi connectivity index (χ0n) is 12.8. The molecule has 0 radical (unpaired) electrons. The Morgan fingerprint density at radius 1 is 1.25 bits per heavy atom. The number of carboxylic acids is 1. The Balaban J connectivity index is 2.70. The second-order valence-corrected chi connectivity index (χ2v) is 5.09. The van der Waals surface area contributed by atoms with Gasteiger partial charge < -0.3 is 20.8 Å². The minimum Gasteiger partial charge on any atom is -0.481 e. The van der Waals surface area contributed by atoms with Gasteiger partial charge in [-0.2, -0.15) is 13.2 Å². The number of amides is 2. The molecule has 1 atom stereocenters. The van der Waals surface area contributed by atoms with E-state index in [1.807, 2.05) is 0 Å². The Morgan fingerprint density at radius 3 is 2.54 bits per heavy atom. The van der Waals surface area contributed by atoms with Crippen molar-refractivity contribution in [3.8, 4) is 0 Å². The standard InChI is InChI=1S/C15H19F3N2O4/c16-15(17,18)11-4-1-3-10(9-11)12(6-8-21)20-14(24)19-7-2-5-13(22)23/h1,3-4,9,12,21H,2,5-8H2,(H,22,23)(H2,19,20,24). The molecular formula is C15H19F3N2O4. The maximum Gasteiger partial charge on any atom is 0.416 e. The highest BCUT2D eigenvalue weighted by molar-refractivity contribution is 5.74. The van der Waals surface area contributed by atoms with E-state index in [1.165, 1.54) is 12.1 Å². The number of carbonyl (C=O) groups excluding carboxylic acids is 1. The molecule has 24 heavy (non-hydrogen) atoms. The van der Waals surface area contributed by atoms with Gasteiger partial charge in [0.25, 0.3) is 0 Å². The van der Waals surface area contributed by atoms with Crippen molar-refractivity contribution in [1.29, 1.82) is 0 Å². The number of nitrogens with one attached hydrogen (secondary N) is 2. The molecule has 0 aliphatic carbocycles. The summed E-state index contributed by atoms with van der Waals surface area (Å²) in [6.45, 7) is -0.202. The Hall–Kier alpha value is -2.29. The van der Waals surface area contributed by atoms with Crippen molar-refractivity contribution in [1.82, 2.24) is 10.6 Å². The summed E-state index contributed by atoms with van der Waals surface area (Å²) < 4.78 is 38.3. The van der Waals surface area contributed by atoms with Gasteiger partial charge in [-0.1, -0.05) is 12.1 Å². The lowest BCUT2D eigenvalue weighted by atomic mass is 10.0. The largest absolute Gasteiger partial charge is 0.481 e. The number of carbonyl (C=O) groups is 2. The average molecular weight is 348 g/mol. The van der Waals surface area contributed by atoms with E-state index in [0.29, 0.717) is 0 Å². The summed E-state index contributed by atoms with van der Waals surface area (Å²) in [6.07, 6.45) is -4.33. The van der Waals surface area contributed by atoms with Crippen LogP contribution in [0.2, 0.25) is 0 Å². The number of urea groups is 1. The second-order valence-electron chi connectivity index (χ2n) is 5.09. The zero-order valence-corrected chi connectivity index (χ0v) is 12.8. The highest BCUT2D eigenvalue weighted by atomic mass is 19.4. The molecule has 1 unspecified atom stereocenters. The van der Waals surface area contributed by atoms with Gasteiger partial charge in [0.15, 0.2) is 0 Å². The first-order chi connectivity index (χ1) is 11.2. The molecule has 0 heterocycles. The van der Waals surface area contributed by atoms with Crippen molar-refractivity contribution in [2.75, 3.05) is 13.2 Å². The summed E-state index contributed by atoms with van der Waals surface area (Å²) in [5, 5.41) is 22.4. The summed E-state index contributed by atoms with van der Waals surface area (Å²) in [5.41, 5.74) is -0.619. The van der Waals surface area contributed by atoms with Crippen molar-refractivity contribution >= 4 is 12.0 Å². The fourth-order valence-electron chi connectivity index (χ4n) is 2.03. The zero-order chi connectivity index (χ0) is 18.2. The van der Waals surface area contributed by atoms with Gasteiger partial charge in [-0.05, 0) is 30.5 Å². The first-order valence-electron chi connectivity index (χ1n) is 7.28. The molecule has 134 valence electrons. The normalized spacial score (nSPS) is 12.5. The van der Waals surface area contributed by atoms with E-state index in [0.717, 1.165) is 12.1 Å². The molecule has 0 fully saturated rings. The minimum atomic E-state index is -4.50. The lowest BCUT2D eigenvalue weighted by Gasteiger charge is -2.20. The van der Waals surface area contributed by atoms with Gasteiger partial charge in [-0.3, -0.25) is 4.79 Å². The maximum atomic E-state index is 12.8. The van der Waals surface area contributed by atoms with E-state index < -0.39 is 29.8 Å². The van der Waals surface area contributed by atoms with Crippen molar-refractivity contribution in [3.63, 3.8) is 0 Å². The fraction of sp³-hybridized carbons (Fsp3) is 0.467. The predicted octanol–water partition coefficient (Wildman–Crippen LogP) is 2.29. The van der Waals surface area contributed by atoms with Gasteiger partial charge in [0, 0.05) is 19.6 Å². The van der Waals surface area contributed by atoms with E-state index in [4.69, 9.17) is 10.2 Å². The quantitative estimate of drug-likeness (QED) is 0.542. The number of hydrogen-bond acceptors (Lipinski definition) is 3. The minimum absolute atomic E-state index is 0.0455. The highest BCUT2D eigenvalue weighted by Crippen LogP contribution is 2.31. The van der Waals surface area contributed by atoms with E-state index >= 15 is 0 Å². The monoisotopic (exact) mass is 348 g/mol. The van der Waals surface area contributed by atoms with Gasteiger partial charge in [0.05, 0.1) is 11.6 Å². The van der Waals surface area contributed by atoms with Gasteiger partial charge in [-0.25, -0.2) is 4.79 Å². The molecule has 0 bridgehead atoms. The van der Waals surface area contributed by atoms with Crippen LogP contribution in [0.5, 0.6) is 0 Å². The predicted molar refractivity (Wildman–Crippen MR) is 79.3 cm³/mol. The van der Waals surface area contributed by atoms with Crippen molar-refractivity contribution in [2.45, 2.75) is 31.5 Å². The Morgan fingerprint density at radius 2 is 1.96 bits per heavy atom. The number of rotatable bonds is 8. The molecule has 0 saturated carbocycles. The average Bonchev–Trinajstić information content (AvgIpc) is 2.50. The molecule has 9 heteroatoms. The van der Waals surface area contributed by atoms with Crippen molar-refractivity contribution in [2.24, 2.45) is 0 Å². The van der Waals surface area contributed by atoms with E-state index in [1.54, 1.807) is 0 Å². The molecular weight excluding hydrogens is 329 g/mol. The van der Waals surface area contributed by atoms with Gasteiger partial charge in [0.2, 0.25) is 0 Å². The third-order valence-electron chi connectivity index (χ3n) is 3.19. The summed E-state index contributed by atoms with van der Waals surface area (Å²) in [6, 6.07) is 3.07. The first-order valence-corrected chi connectivity index (χ1v) is 7.28. The van der Waals surface area contributed by atoms with Crippen molar-refractivity contribution < 1.29 is 33.0 Å². The lowest BCUT2D eigenvalue weighted by Crippen LogP contribution is -2.38. The Kier molecular flexibility index (Phi) is 7.50. The Bertz CT molecular complexity index is 564. The van der Waals surface area contributed by atoms with Crippen LogP contribution in [0.25, 0.3) is 0 Å². The van der Waals surface area contributed by atoms with E-state index in [2.05, 4.69) is 10.6 Å². The summed E-state index contributed by atoms with van der Waals surface area (Å²) >= 11 is 0. The van der Waals surface area contributed by atoms with Crippen molar-refractivity contribution in [3.05, 3.63) is 35.4 Å². The van der Waals surface area contributed by atoms with Gasteiger partial charge in [0.1, 0.15) is 0 Å². The number of aliphatic carboxylic acids is 1.